The average molecular weight is 452 g/mol. The van der Waals surface area contributed by atoms with Crippen molar-refractivity contribution in [1.29, 1.82) is 5.26 Å². The van der Waals surface area contributed by atoms with Gasteiger partial charge in [-0.2, -0.15) is 5.26 Å². The van der Waals surface area contributed by atoms with Crippen molar-refractivity contribution in [2.45, 2.75) is 12.8 Å². The van der Waals surface area contributed by atoms with Crippen molar-refractivity contribution in [1.82, 2.24) is 5.32 Å². The minimum absolute atomic E-state index is 0.298. The number of hydrogen-bond acceptors (Lipinski definition) is 7. The number of amides is 1. The minimum Gasteiger partial charge on any atom is -0.493 e. The summed E-state index contributed by atoms with van der Waals surface area (Å²) in [6.45, 7) is 1.83. The minimum atomic E-state index is -0.624. The fourth-order valence-corrected chi connectivity index (χ4v) is 4.33. The molecule has 0 saturated carbocycles. The number of rotatable bonds is 7. The van der Waals surface area contributed by atoms with Gasteiger partial charge in [0.2, 0.25) is 5.75 Å². The van der Waals surface area contributed by atoms with Gasteiger partial charge in [0.1, 0.15) is 0 Å². The van der Waals surface area contributed by atoms with Crippen LogP contribution in [0.3, 0.4) is 0 Å². The van der Waals surface area contributed by atoms with Crippen LogP contribution in [-0.4, -0.2) is 33.5 Å². The van der Waals surface area contributed by atoms with E-state index in [1.807, 2.05) is 43.5 Å². The lowest BCUT2D eigenvalue weighted by atomic mass is 9.81. The Morgan fingerprint density at radius 2 is 1.72 bits per heavy atom. The molecule has 0 aliphatic carbocycles. The second kappa shape index (κ2) is 10.2. The predicted octanol–water partition coefficient (Wildman–Crippen LogP) is 4.41. The molecule has 1 unspecified atom stereocenters. The Morgan fingerprint density at radius 3 is 2.22 bits per heavy atom. The molecule has 0 radical (unpaired) electrons. The van der Waals surface area contributed by atoms with Crippen LogP contribution in [0.25, 0.3) is 0 Å². The summed E-state index contributed by atoms with van der Waals surface area (Å²) in [5, 5.41) is 16.9. The smallest absolute Gasteiger partial charge is 0.254 e. The number of thioether (sulfide) groups is 1. The number of nitrogens with one attached hydrogen (secondary N) is 2. The van der Waals surface area contributed by atoms with Gasteiger partial charge in [-0.3, -0.25) is 4.79 Å². The monoisotopic (exact) mass is 451 g/mol. The standard InChI is InChI=1S/C24H25N3O4S/c1-14-20(23(28)27-16-9-7-6-8-10-16)21(17(13-25)24(26-14)32-5)15-11-18(29-2)22(31-4)19(12-15)30-3/h6-12,21,26H,1-5H3,(H,27,28). The number of para-hydroxylation sites is 1. The highest BCUT2D eigenvalue weighted by Gasteiger charge is 2.35. The van der Waals surface area contributed by atoms with E-state index in [1.54, 1.807) is 12.1 Å². The SMILES string of the molecule is COc1cc(C2C(C#N)=C(SC)NC(C)=C2C(=O)Nc2ccccc2)cc(OC)c1OC. The number of anilines is 1. The lowest BCUT2D eigenvalue weighted by molar-refractivity contribution is -0.113. The molecule has 0 fully saturated rings. The topological polar surface area (TPSA) is 92.6 Å². The maximum atomic E-state index is 13.4. The summed E-state index contributed by atoms with van der Waals surface area (Å²) in [6.07, 6.45) is 1.88. The van der Waals surface area contributed by atoms with Gasteiger partial charge < -0.3 is 24.8 Å². The van der Waals surface area contributed by atoms with E-state index in [4.69, 9.17) is 14.2 Å². The van der Waals surface area contributed by atoms with Crippen molar-refractivity contribution in [3.63, 3.8) is 0 Å². The van der Waals surface area contributed by atoms with Gasteiger partial charge in [0.05, 0.1) is 43.9 Å². The van der Waals surface area contributed by atoms with E-state index in [9.17, 15) is 10.1 Å². The number of ether oxygens (including phenoxy) is 3. The molecule has 7 nitrogen and oxygen atoms in total. The molecule has 2 N–H and O–H groups in total. The van der Waals surface area contributed by atoms with Crippen LogP contribution in [0.5, 0.6) is 17.2 Å². The number of dihydropyridines is 1. The summed E-state index contributed by atoms with van der Waals surface area (Å²) in [5.41, 5.74) is 2.90. The van der Waals surface area contributed by atoms with E-state index < -0.39 is 5.92 Å². The number of benzene rings is 2. The molecular formula is C24H25N3O4S. The van der Waals surface area contributed by atoms with Crippen molar-refractivity contribution >= 4 is 23.4 Å². The van der Waals surface area contributed by atoms with Crippen molar-refractivity contribution in [2.75, 3.05) is 32.9 Å². The summed E-state index contributed by atoms with van der Waals surface area (Å²) in [5.74, 6) is 0.415. The zero-order chi connectivity index (χ0) is 23.3. The molecule has 8 heteroatoms. The van der Waals surface area contributed by atoms with Gasteiger partial charge in [0.25, 0.3) is 5.91 Å². The molecule has 1 amide bonds. The summed E-state index contributed by atoms with van der Waals surface area (Å²) >= 11 is 1.42. The predicted molar refractivity (Wildman–Crippen MR) is 126 cm³/mol. The van der Waals surface area contributed by atoms with Gasteiger partial charge in [0, 0.05) is 17.0 Å². The van der Waals surface area contributed by atoms with Crippen molar-refractivity contribution in [2.24, 2.45) is 0 Å². The first-order valence-electron chi connectivity index (χ1n) is 9.81. The molecule has 0 spiro atoms. The van der Waals surface area contributed by atoms with Gasteiger partial charge in [-0.1, -0.05) is 18.2 Å². The number of methoxy groups -OCH3 is 3. The molecule has 32 heavy (non-hydrogen) atoms. The van der Waals surface area contributed by atoms with E-state index in [1.165, 1.54) is 33.1 Å². The third kappa shape index (κ3) is 4.39. The van der Waals surface area contributed by atoms with Crippen LogP contribution in [0, 0.1) is 11.3 Å². The van der Waals surface area contributed by atoms with Gasteiger partial charge in [-0.15, -0.1) is 11.8 Å². The molecule has 1 aliphatic rings. The second-order valence-corrected chi connectivity index (χ2v) is 7.75. The van der Waals surface area contributed by atoms with Gasteiger partial charge in [-0.25, -0.2) is 0 Å². The summed E-state index contributed by atoms with van der Waals surface area (Å²) in [7, 11) is 4.59. The largest absolute Gasteiger partial charge is 0.493 e. The quantitative estimate of drug-likeness (QED) is 0.644. The van der Waals surface area contributed by atoms with Gasteiger partial charge >= 0.3 is 0 Å². The number of nitriles is 1. The van der Waals surface area contributed by atoms with E-state index in [0.29, 0.717) is 50.4 Å². The Bertz CT molecular complexity index is 1090. The second-order valence-electron chi connectivity index (χ2n) is 6.93. The Morgan fingerprint density at radius 1 is 1.09 bits per heavy atom. The van der Waals surface area contributed by atoms with Crippen LogP contribution in [0.15, 0.2) is 64.3 Å². The molecule has 0 aromatic heterocycles. The number of hydrogen-bond donors (Lipinski definition) is 2. The fourth-order valence-electron chi connectivity index (χ4n) is 3.70. The number of carbonyl (C=O) groups excluding carboxylic acids is 1. The highest BCUT2D eigenvalue weighted by Crippen LogP contribution is 2.46. The van der Waals surface area contributed by atoms with Crippen molar-refractivity contribution < 1.29 is 19.0 Å². The van der Waals surface area contributed by atoms with Crippen LogP contribution in [0.2, 0.25) is 0 Å². The summed E-state index contributed by atoms with van der Waals surface area (Å²) in [4.78, 5) is 13.4. The highest BCUT2D eigenvalue weighted by atomic mass is 32.2. The highest BCUT2D eigenvalue weighted by molar-refractivity contribution is 8.02. The maximum Gasteiger partial charge on any atom is 0.254 e. The van der Waals surface area contributed by atoms with Crippen LogP contribution in [0.1, 0.15) is 18.4 Å². The van der Waals surface area contributed by atoms with Crippen LogP contribution >= 0.6 is 11.8 Å². The Balaban J connectivity index is 2.19. The zero-order valence-corrected chi connectivity index (χ0v) is 19.4. The molecule has 1 atom stereocenters. The van der Waals surface area contributed by atoms with E-state index in [0.717, 1.165) is 0 Å². The summed E-state index contributed by atoms with van der Waals surface area (Å²) < 4.78 is 16.5. The molecule has 2 aromatic carbocycles. The fraction of sp³-hybridized carbons (Fsp3) is 0.250. The Hall–Kier alpha value is -3.57. The Kier molecular flexibility index (Phi) is 7.33. The molecular weight excluding hydrogens is 426 g/mol. The van der Waals surface area contributed by atoms with Crippen LogP contribution < -0.4 is 24.8 Å². The third-order valence-electron chi connectivity index (χ3n) is 5.15. The molecule has 0 saturated heterocycles. The number of carbonyl (C=O) groups is 1. The first kappa shape index (κ1) is 23.1. The molecule has 166 valence electrons. The zero-order valence-electron chi connectivity index (χ0n) is 18.6. The molecule has 1 aliphatic heterocycles. The Labute approximate surface area is 192 Å². The number of allylic oxidation sites excluding steroid dienone is 2. The van der Waals surface area contributed by atoms with E-state index >= 15 is 0 Å². The van der Waals surface area contributed by atoms with Crippen molar-refractivity contribution in [3.05, 3.63) is 69.9 Å². The van der Waals surface area contributed by atoms with Gasteiger partial charge in [0.15, 0.2) is 11.5 Å². The van der Waals surface area contributed by atoms with E-state index in [2.05, 4.69) is 16.7 Å². The molecule has 3 rings (SSSR count). The van der Waals surface area contributed by atoms with Crippen LogP contribution in [-0.2, 0) is 4.79 Å². The third-order valence-corrected chi connectivity index (χ3v) is 5.88. The molecule has 2 aromatic rings. The average Bonchev–Trinajstić information content (AvgIpc) is 2.82. The first-order valence-corrected chi connectivity index (χ1v) is 11.0. The van der Waals surface area contributed by atoms with Crippen molar-refractivity contribution in [3.8, 4) is 23.3 Å². The first-order chi connectivity index (χ1) is 15.5. The summed E-state index contributed by atoms with van der Waals surface area (Å²) in [6, 6.07) is 15.0. The lowest BCUT2D eigenvalue weighted by Crippen LogP contribution is -2.30. The van der Waals surface area contributed by atoms with Gasteiger partial charge in [-0.05, 0) is 43.0 Å². The van der Waals surface area contributed by atoms with Crippen LogP contribution in [0.4, 0.5) is 5.69 Å². The number of nitrogens with zero attached hydrogens (tertiary/aromatic N) is 1. The molecule has 1 heterocycles. The normalized spacial score (nSPS) is 15.6. The maximum absolute atomic E-state index is 13.4. The van der Waals surface area contributed by atoms with E-state index in [-0.39, 0.29) is 5.91 Å². The molecule has 0 bridgehead atoms. The lowest BCUT2D eigenvalue weighted by Gasteiger charge is -2.30.